The number of hydrogen-bond acceptors (Lipinski definition) is 3. The molecule has 0 saturated carbocycles. The van der Waals surface area contributed by atoms with Crippen molar-refractivity contribution < 1.29 is 9.90 Å². The highest BCUT2D eigenvalue weighted by molar-refractivity contribution is 6.31. The Hall–Kier alpha value is -2.04. The highest BCUT2D eigenvalue weighted by Gasteiger charge is 2.03. The zero-order valence-corrected chi connectivity index (χ0v) is 11.7. The molecule has 0 heterocycles. The summed E-state index contributed by atoms with van der Waals surface area (Å²) in [7, 11) is 0. The topological polar surface area (TPSA) is 61.7 Å². The molecule has 0 aromatic heterocycles. The molecule has 0 spiro atoms. The number of nitrogens with zero attached hydrogens (tertiary/aromatic N) is 1. The van der Waals surface area contributed by atoms with E-state index in [4.69, 9.17) is 23.2 Å². The molecule has 4 nitrogen and oxygen atoms in total. The van der Waals surface area contributed by atoms with Gasteiger partial charge in [-0.15, -0.1) is 0 Å². The summed E-state index contributed by atoms with van der Waals surface area (Å²) in [6.07, 6.45) is 1.33. The average Bonchev–Trinajstić information content (AvgIpc) is 2.42. The summed E-state index contributed by atoms with van der Waals surface area (Å²) in [5, 5.41) is 14.3. The van der Waals surface area contributed by atoms with E-state index in [2.05, 4.69) is 10.5 Å². The first kappa shape index (κ1) is 14.4. The summed E-state index contributed by atoms with van der Waals surface area (Å²) < 4.78 is 0. The van der Waals surface area contributed by atoms with Gasteiger partial charge in [0, 0.05) is 21.2 Å². The van der Waals surface area contributed by atoms with Crippen LogP contribution in [0.25, 0.3) is 0 Å². The second-order valence-electron chi connectivity index (χ2n) is 3.91. The number of aromatic hydroxyl groups is 1. The van der Waals surface area contributed by atoms with Gasteiger partial charge in [0.15, 0.2) is 0 Å². The van der Waals surface area contributed by atoms with Crippen molar-refractivity contribution in [2.75, 3.05) is 0 Å². The van der Waals surface area contributed by atoms with Crippen LogP contribution < -0.4 is 5.43 Å². The van der Waals surface area contributed by atoms with E-state index in [1.165, 1.54) is 12.3 Å². The molecular weight excluding hydrogens is 299 g/mol. The summed E-state index contributed by atoms with van der Waals surface area (Å²) in [6, 6.07) is 11.0. The summed E-state index contributed by atoms with van der Waals surface area (Å²) in [6.45, 7) is 0. The second kappa shape index (κ2) is 6.41. The van der Waals surface area contributed by atoms with Crippen molar-refractivity contribution in [2.45, 2.75) is 0 Å². The Balaban J connectivity index is 2.02. The van der Waals surface area contributed by atoms with Crippen molar-refractivity contribution in [3.63, 3.8) is 0 Å². The van der Waals surface area contributed by atoms with Gasteiger partial charge in [-0.1, -0.05) is 23.2 Å². The minimum Gasteiger partial charge on any atom is -0.507 e. The Bertz CT molecular complexity index is 655. The molecule has 0 saturated heterocycles. The number of benzene rings is 2. The van der Waals surface area contributed by atoms with E-state index in [1.807, 2.05) is 0 Å². The van der Waals surface area contributed by atoms with Gasteiger partial charge >= 0.3 is 0 Å². The van der Waals surface area contributed by atoms with Crippen LogP contribution in [0.2, 0.25) is 10.0 Å². The van der Waals surface area contributed by atoms with Crippen LogP contribution in [0.4, 0.5) is 0 Å². The molecule has 0 aliphatic carbocycles. The van der Waals surface area contributed by atoms with Gasteiger partial charge in [0.05, 0.1) is 6.21 Å². The number of amides is 1. The molecular formula is C14H10Cl2N2O2. The number of carbonyl (C=O) groups excluding carboxylic acids is 1. The van der Waals surface area contributed by atoms with Crippen LogP contribution in [0, 0.1) is 0 Å². The summed E-state index contributed by atoms with van der Waals surface area (Å²) in [5.41, 5.74) is 3.24. The molecule has 0 fully saturated rings. The normalized spacial score (nSPS) is 10.7. The standard InChI is InChI=1S/C14H10Cl2N2O2/c15-11-4-1-9(2-5-11)14(20)18-17-8-10-3-6-12(16)7-13(10)19/h1-8,19H,(H,18,20). The molecule has 0 radical (unpaired) electrons. The predicted octanol–water partition coefficient (Wildman–Crippen LogP) is 3.46. The molecule has 0 aliphatic rings. The van der Waals surface area contributed by atoms with Crippen LogP contribution in [0.3, 0.4) is 0 Å². The lowest BCUT2D eigenvalue weighted by Gasteiger charge is -2.01. The molecule has 0 bridgehead atoms. The van der Waals surface area contributed by atoms with Crippen LogP contribution in [-0.2, 0) is 0 Å². The van der Waals surface area contributed by atoms with Gasteiger partial charge in [-0.2, -0.15) is 5.10 Å². The fourth-order valence-corrected chi connectivity index (χ4v) is 1.74. The molecule has 1 amide bonds. The number of hydrogen-bond donors (Lipinski definition) is 2. The molecule has 102 valence electrons. The number of rotatable bonds is 3. The zero-order valence-electron chi connectivity index (χ0n) is 10.2. The first-order valence-corrected chi connectivity index (χ1v) is 6.39. The van der Waals surface area contributed by atoms with Gasteiger partial charge in [-0.25, -0.2) is 5.43 Å². The first-order chi connectivity index (χ1) is 9.56. The van der Waals surface area contributed by atoms with E-state index >= 15 is 0 Å². The molecule has 6 heteroatoms. The molecule has 0 unspecified atom stereocenters. The molecule has 20 heavy (non-hydrogen) atoms. The van der Waals surface area contributed by atoms with E-state index in [0.717, 1.165) is 0 Å². The fourth-order valence-electron chi connectivity index (χ4n) is 1.45. The van der Waals surface area contributed by atoms with Gasteiger partial charge in [0.25, 0.3) is 5.91 Å². The summed E-state index contributed by atoms with van der Waals surface area (Å²) in [5.74, 6) is -0.381. The average molecular weight is 309 g/mol. The van der Waals surface area contributed by atoms with E-state index in [1.54, 1.807) is 36.4 Å². The Labute approximate surface area is 125 Å². The lowest BCUT2D eigenvalue weighted by Crippen LogP contribution is -2.17. The fraction of sp³-hybridized carbons (Fsp3) is 0. The molecule has 2 aromatic rings. The second-order valence-corrected chi connectivity index (χ2v) is 4.78. The third kappa shape index (κ3) is 3.73. The van der Waals surface area contributed by atoms with Crippen molar-refractivity contribution in [3.8, 4) is 5.75 Å². The van der Waals surface area contributed by atoms with Gasteiger partial charge in [-0.3, -0.25) is 4.79 Å². The van der Waals surface area contributed by atoms with Crippen molar-refractivity contribution >= 4 is 35.3 Å². The maximum absolute atomic E-state index is 11.7. The van der Waals surface area contributed by atoms with E-state index in [0.29, 0.717) is 21.2 Å². The SMILES string of the molecule is O=C(NN=Cc1ccc(Cl)cc1O)c1ccc(Cl)cc1. The van der Waals surface area contributed by atoms with Crippen molar-refractivity contribution in [3.05, 3.63) is 63.6 Å². The monoisotopic (exact) mass is 308 g/mol. The van der Waals surface area contributed by atoms with Gasteiger partial charge in [-0.05, 0) is 42.5 Å². The number of nitrogens with one attached hydrogen (secondary N) is 1. The minimum absolute atomic E-state index is 0.0120. The van der Waals surface area contributed by atoms with Crippen LogP contribution in [0.15, 0.2) is 47.6 Å². The lowest BCUT2D eigenvalue weighted by atomic mass is 10.2. The van der Waals surface area contributed by atoms with E-state index in [-0.39, 0.29) is 11.7 Å². The van der Waals surface area contributed by atoms with E-state index in [9.17, 15) is 9.90 Å². The van der Waals surface area contributed by atoms with Gasteiger partial charge in [0.1, 0.15) is 5.75 Å². The highest BCUT2D eigenvalue weighted by atomic mass is 35.5. The number of phenols is 1. The van der Waals surface area contributed by atoms with Crippen molar-refractivity contribution in [1.82, 2.24) is 5.43 Å². The quantitative estimate of drug-likeness (QED) is 0.674. The minimum atomic E-state index is -0.369. The molecule has 2 N–H and O–H groups in total. The first-order valence-electron chi connectivity index (χ1n) is 5.64. The maximum atomic E-state index is 11.7. The molecule has 0 atom stereocenters. The van der Waals surface area contributed by atoms with E-state index < -0.39 is 0 Å². The Morgan fingerprint density at radius 3 is 2.40 bits per heavy atom. The molecule has 2 aromatic carbocycles. The third-order valence-electron chi connectivity index (χ3n) is 2.47. The van der Waals surface area contributed by atoms with Gasteiger partial charge < -0.3 is 5.11 Å². The largest absolute Gasteiger partial charge is 0.507 e. The Morgan fingerprint density at radius 2 is 1.75 bits per heavy atom. The van der Waals surface area contributed by atoms with Crippen molar-refractivity contribution in [2.24, 2.45) is 5.10 Å². The Morgan fingerprint density at radius 1 is 1.10 bits per heavy atom. The highest BCUT2D eigenvalue weighted by Crippen LogP contribution is 2.20. The molecule has 2 rings (SSSR count). The predicted molar refractivity (Wildman–Crippen MR) is 79.6 cm³/mol. The van der Waals surface area contributed by atoms with Crippen LogP contribution in [-0.4, -0.2) is 17.2 Å². The lowest BCUT2D eigenvalue weighted by molar-refractivity contribution is 0.0955. The summed E-state index contributed by atoms with van der Waals surface area (Å²) in [4.78, 5) is 11.7. The van der Waals surface area contributed by atoms with Crippen molar-refractivity contribution in [1.29, 1.82) is 0 Å². The van der Waals surface area contributed by atoms with Gasteiger partial charge in [0.2, 0.25) is 0 Å². The van der Waals surface area contributed by atoms with Crippen LogP contribution in [0.1, 0.15) is 15.9 Å². The zero-order chi connectivity index (χ0) is 14.5. The van der Waals surface area contributed by atoms with Crippen LogP contribution >= 0.6 is 23.2 Å². The number of halogens is 2. The van der Waals surface area contributed by atoms with Crippen LogP contribution in [0.5, 0.6) is 5.75 Å². The number of phenolic OH excluding ortho intramolecular Hbond substituents is 1. The summed E-state index contributed by atoms with van der Waals surface area (Å²) >= 11 is 11.4. The Kier molecular flexibility index (Phi) is 4.61. The molecule has 0 aliphatic heterocycles. The smallest absolute Gasteiger partial charge is 0.271 e. The number of hydrazone groups is 1. The third-order valence-corrected chi connectivity index (χ3v) is 2.96. The number of carbonyl (C=O) groups is 1. The maximum Gasteiger partial charge on any atom is 0.271 e.